The van der Waals surface area contributed by atoms with Crippen molar-refractivity contribution in [1.82, 2.24) is 15.1 Å². The Bertz CT molecular complexity index is 556. The molecule has 3 heterocycles. The van der Waals surface area contributed by atoms with E-state index >= 15 is 0 Å². The third-order valence-electron chi connectivity index (χ3n) is 5.73. The summed E-state index contributed by atoms with van der Waals surface area (Å²) in [4.78, 5) is 10.9. The molecule has 5 nitrogen and oxygen atoms in total. The number of likely N-dealkylation sites (tertiary alicyclic amines) is 1. The van der Waals surface area contributed by atoms with E-state index in [0.29, 0.717) is 11.5 Å². The molecule has 2 unspecified atom stereocenters. The van der Waals surface area contributed by atoms with Crippen molar-refractivity contribution in [3.63, 3.8) is 0 Å². The van der Waals surface area contributed by atoms with Crippen LogP contribution in [0.1, 0.15) is 37.6 Å². The average Bonchev–Trinajstić information content (AvgIpc) is 3.30. The zero-order valence-electron chi connectivity index (χ0n) is 15.8. The molecule has 25 heavy (non-hydrogen) atoms. The molecular weight excluding hydrogens is 332 g/mol. The van der Waals surface area contributed by atoms with E-state index in [4.69, 9.17) is 4.74 Å². The molecule has 0 saturated carbocycles. The lowest BCUT2D eigenvalue weighted by Gasteiger charge is -2.35. The van der Waals surface area contributed by atoms with Crippen LogP contribution in [-0.2, 0) is 4.74 Å². The van der Waals surface area contributed by atoms with E-state index in [1.165, 1.54) is 17.7 Å². The van der Waals surface area contributed by atoms with Gasteiger partial charge in [0.25, 0.3) is 0 Å². The summed E-state index contributed by atoms with van der Waals surface area (Å²) in [5.41, 5.74) is 0.426. The molecule has 1 aromatic rings. The summed E-state index contributed by atoms with van der Waals surface area (Å²) in [6.07, 6.45) is 2.48. The Labute approximate surface area is 156 Å². The van der Waals surface area contributed by atoms with Crippen LogP contribution in [0.2, 0.25) is 0 Å². The molecule has 140 valence electrons. The highest BCUT2D eigenvalue weighted by Gasteiger charge is 2.34. The summed E-state index contributed by atoms with van der Waals surface area (Å²) in [7, 11) is 1.90. The number of morpholine rings is 1. The minimum atomic E-state index is 0.390. The third-order valence-corrected chi connectivity index (χ3v) is 6.71. The number of nitrogens with one attached hydrogen (secondary N) is 1. The van der Waals surface area contributed by atoms with Crippen LogP contribution in [0.25, 0.3) is 0 Å². The minimum absolute atomic E-state index is 0.390. The van der Waals surface area contributed by atoms with E-state index < -0.39 is 0 Å². The molecule has 0 radical (unpaired) electrons. The first kappa shape index (κ1) is 18.7. The van der Waals surface area contributed by atoms with Gasteiger partial charge in [0.2, 0.25) is 0 Å². The van der Waals surface area contributed by atoms with Gasteiger partial charge in [0.1, 0.15) is 0 Å². The molecule has 1 aromatic heterocycles. The fourth-order valence-corrected chi connectivity index (χ4v) is 4.65. The van der Waals surface area contributed by atoms with Crippen LogP contribution in [0.4, 0.5) is 0 Å². The van der Waals surface area contributed by atoms with Crippen molar-refractivity contribution >= 4 is 17.3 Å². The predicted molar refractivity (Wildman–Crippen MR) is 105 cm³/mol. The highest BCUT2D eigenvalue weighted by atomic mass is 32.1. The van der Waals surface area contributed by atoms with Gasteiger partial charge < -0.3 is 15.0 Å². The fraction of sp³-hybridized carbons (Fsp3) is 0.737. The first-order valence-electron chi connectivity index (χ1n) is 9.46. The molecule has 6 heteroatoms. The average molecular weight is 365 g/mol. The molecule has 2 fully saturated rings. The van der Waals surface area contributed by atoms with Crippen molar-refractivity contribution in [2.75, 3.05) is 53.0 Å². The zero-order chi connectivity index (χ0) is 17.7. The Hall–Kier alpha value is -1.11. The van der Waals surface area contributed by atoms with Crippen LogP contribution in [0.15, 0.2) is 22.5 Å². The maximum atomic E-state index is 5.54. The van der Waals surface area contributed by atoms with Crippen LogP contribution in [0, 0.1) is 5.41 Å². The van der Waals surface area contributed by atoms with Crippen molar-refractivity contribution in [1.29, 1.82) is 0 Å². The maximum absolute atomic E-state index is 5.54. The second-order valence-electron chi connectivity index (χ2n) is 7.44. The van der Waals surface area contributed by atoms with E-state index in [0.717, 1.165) is 51.9 Å². The molecule has 1 N–H and O–H groups in total. The number of hydrogen-bond donors (Lipinski definition) is 1. The zero-order valence-corrected chi connectivity index (χ0v) is 16.6. The van der Waals surface area contributed by atoms with E-state index in [-0.39, 0.29) is 0 Å². The topological polar surface area (TPSA) is 40.1 Å². The molecule has 0 aliphatic carbocycles. The van der Waals surface area contributed by atoms with Gasteiger partial charge in [-0.2, -0.15) is 0 Å². The first-order chi connectivity index (χ1) is 12.1. The molecule has 2 aliphatic heterocycles. The van der Waals surface area contributed by atoms with Crippen LogP contribution in [0.5, 0.6) is 0 Å². The lowest BCUT2D eigenvalue weighted by molar-refractivity contribution is 0.0176. The highest BCUT2D eigenvalue weighted by molar-refractivity contribution is 7.10. The standard InChI is InChI=1S/C19H32N4OS/c1-4-19(2)7-8-23(15-19)18(20-3)21-14-16(17-6-5-13-25-17)22-9-11-24-12-10-22/h5-6,13,16H,4,7-12,14-15H2,1-3H3,(H,20,21). The number of nitrogens with zero attached hydrogens (tertiary/aromatic N) is 3. The Balaban J connectivity index is 1.63. The van der Waals surface area contributed by atoms with Crippen molar-refractivity contribution in [3.05, 3.63) is 22.4 Å². The summed E-state index contributed by atoms with van der Waals surface area (Å²) in [5.74, 6) is 1.05. The lowest BCUT2D eigenvalue weighted by Crippen LogP contribution is -2.47. The molecule has 0 bridgehead atoms. The summed E-state index contributed by atoms with van der Waals surface area (Å²) < 4.78 is 5.54. The van der Waals surface area contributed by atoms with E-state index in [1.54, 1.807) is 0 Å². The van der Waals surface area contributed by atoms with E-state index in [9.17, 15) is 0 Å². The molecule has 2 saturated heterocycles. The molecule has 0 spiro atoms. The molecule has 0 amide bonds. The van der Waals surface area contributed by atoms with Crippen molar-refractivity contribution in [3.8, 4) is 0 Å². The minimum Gasteiger partial charge on any atom is -0.379 e. The van der Waals surface area contributed by atoms with Crippen LogP contribution < -0.4 is 5.32 Å². The Morgan fingerprint density at radius 3 is 2.80 bits per heavy atom. The number of aliphatic imine (C=N–C) groups is 1. The summed E-state index contributed by atoms with van der Waals surface area (Å²) in [6.45, 7) is 11.5. The largest absolute Gasteiger partial charge is 0.379 e. The Kier molecular flexibility index (Phi) is 6.36. The lowest BCUT2D eigenvalue weighted by atomic mass is 9.87. The van der Waals surface area contributed by atoms with Gasteiger partial charge in [-0.15, -0.1) is 11.3 Å². The van der Waals surface area contributed by atoms with Gasteiger partial charge in [-0.25, -0.2) is 0 Å². The van der Waals surface area contributed by atoms with Gasteiger partial charge in [0.05, 0.1) is 19.3 Å². The van der Waals surface area contributed by atoms with Gasteiger partial charge in [0, 0.05) is 44.6 Å². The smallest absolute Gasteiger partial charge is 0.193 e. The highest BCUT2D eigenvalue weighted by Crippen LogP contribution is 2.33. The van der Waals surface area contributed by atoms with E-state index in [2.05, 4.69) is 51.5 Å². The van der Waals surface area contributed by atoms with E-state index in [1.807, 2.05) is 18.4 Å². The molecular formula is C19H32N4OS. The summed E-state index contributed by atoms with van der Waals surface area (Å²) >= 11 is 1.84. The van der Waals surface area contributed by atoms with Crippen LogP contribution in [-0.4, -0.2) is 68.7 Å². The maximum Gasteiger partial charge on any atom is 0.193 e. The number of ether oxygens (including phenoxy) is 1. The molecule has 2 atom stereocenters. The predicted octanol–water partition coefficient (Wildman–Crippen LogP) is 2.82. The van der Waals surface area contributed by atoms with Gasteiger partial charge in [0.15, 0.2) is 5.96 Å². The second kappa shape index (κ2) is 8.52. The second-order valence-corrected chi connectivity index (χ2v) is 8.42. The third kappa shape index (κ3) is 4.54. The normalized spacial score (nSPS) is 26.8. The van der Waals surface area contributed by atoms with Gasteiger partial charge in [-0.05, 0) is 29.7 Å². The van der Waals surface area contributed by atoms with Crippen molar-refractivity contribution in [2.45, 2.75) is 32.7 Å². The first-order valence-corrected chi connectivity index (χ1v) is 10.3. The summed E-state index contributed by atoms with van der Waals surface area (Å²) in [5, 5.41) is 5.83. The van der Waals surface area contributed by atoms with Crippen LogP contribution in [0.3, 0.4) is 0 Å². The Morgan fingerprint density at radius 2 is 2.20 bits per heavy atom. The molecule has 3 rings (SSSR count). The van der Waals surface area contributed by atoms with Gasteiger partial charge in [-0.3, -0.25) is 9.89 Å². The quantitative estimate of drug-likeness (QED) is 0.644. The number of rotatable bonds is 5. The molecule has 2 aliphatic rings. The van der Waals surface area contributed by atoms with Crippen molar-refractivity contribution in [2.24, 2.45) is 10.4 Å². The monoisotopic (exact) mass is 364 g/mol. The number of guanidine groups is 1. The summed E-state index contributed by atoms with van der Waals surface area (Å²) in [6, 6.07) is 4.79. The van der Waals surface area contributed by atoms with Crippen LogP contribution >= 0.6 is 11.3 Å². The molecule has 0 aromatic carbocycles. The SMILES string of the molecule is CCC1(C)CCN(C(=NC)NCC(c2cccs2)N2CCOCC2)C1. The van der Waals surface area contributed by atoms with Crippen molar-refractivity contribution < 1.29 is 4.74 Å². The number of hydrogen-bond acceptors (Lipinski definition) is 4. The fourth-order valence-electron chi connectivity index (χ4n) is 3.79. The van der Waals surface area contributed by atoms with Gasteiger partial charge >= 0.3 is 0 Å². The van der Waals surface area contributed by atoms with Gasteiger partial charge in [-0.1, -0.05) is 19.9 Å². The number of thiophene rings is 1. The Morgan fingerprint density at radius 1 is 1.40 bits per heavy atom.